The summed E-state index contributed by atoms with van der Waals surface area (Å²) in [5.41, 5.74) is 14.3. The molecule has 0 N–H and O–H groups in total. The first-order valence-electron chi connectivity index (χ1n) is 18.2. The van der Waals surface area contributed by atoms with Crippen LogP contribution in [0.5, 0.6) is 0 Å². The lowest BCUT2D eigenvalue weighted by Crippen LogP contribution is -2.01. The highest BCUT2D eigenvalue weighted by atomic mass is 15.0. The van der Waals surface area contributed by atoms with Crippen LogP contribution in [-0.4, -0.2) is 15.0 Å². The summed E-state index contributed by atoms with van der Waals surface area (Å²) in [6.45, 7) is 0. The Morgan fingerprint density at radius 1 is 0.185 bits per heavy atom. The van der Waals surface area contributed by atoms with Crippen molar-refractivity contribution in [1.82, 2.24) is 15.0 Å². The van der Waals surface area contributed by atoms with Crippen molar-refractivity contribution in [1.29, 1.82) is 0 Å². The van der Waals surface area contributed by atoms with Gasteiger partial charge in [0.05, 0.1) is 0 Å². The SMILES string of the molecule is c1ccc(-c2ccc(-c3nc(-c4ccc(-c5cc(-c6ccccc6)ccc5-c5ccccc5)cc4)nc(-c4ccccc4-c4ccccc4)n3)cc2)cc1. The van der Waals surface area contributed by atoms with Crippen LogP contribution in [0, 0.1) is 0 Å². The van der Waals surface area contributed by atoms with Crippen molar-refractivity contribution in [3.8, 4) is 89.8 Å². The monoisotopic (exact) mass is 689 g/mol. The second kappa shape index (κ2) is 14.8. The van der Waals surface area contributed by atoms with Crippen LogP contribution in [0.1, 0.15) is 0 Å². The van der Waals surface area contributed by atoms with Crippen molar-refractivity contribution in [3.63, 3.8) is 0 Å². The van der Waals surface area contributed by atoms with Gasteiger partial charge < -0.3 is 0 Å². The predicted molar refractivity (Wildman–Crippen MR) is 223 cm³/mol. The molecule has 9 rings (SSSR count). The van der Waals surface area contributed by atoms with Gasteiger partial charge in [-0.2, -0.15) is 0 Å². The molecule has 0 unspecified atom stereocenters. The number of rotatable bonds is 8. The summed E-state index contributed by atoms with van der Waals surface area (Å²) in [5.74, 6) is 1.88. The molecular weight excluding hydrogens is 655 g/mol. The van der Waals surface area contributed by atoms with E-state index in [-0.39, 0.29) is 0 Å². The topological polar surface area (TPSA) is 38.7 Å². The van der Waals surface area contributed by atoms with Crippen LogP contribution in [-0.2, 0) is 0 Å². The van der Waals surface area contributed by atoms with Crippen LogP contribution in [0.3, 0.4) is 0 Å². The molecule has 0 radical (unpaired) electrons. The Bertz CT molecular complexity index is 2660. The van der Waals surface area contributed by atoms with Gasteiger partial charge in [-0.1, -0.05) is 206 Å². The lowest BCUT2D eigenvalue weighted by Gasteiger charge is -2.14. The van der Waals surface area contributed by atoms with Crippen LogP contribution in [0.15, 0.2) is 212 Å². The Balaban J connectivity index is 1.16. The van der Waals surface area contributed by atoms with Gasteiger partial charge in [0, 0.05) is 16.7 Å². The molecule has 0 amide bonds. The molecule has 0 saturated heterocycles. The average molecular weight is 690 g/mol. The Hall–Kier alpha value is -7.23. The van der Waals surface area contributed by atoms with E-state index in [1.54, 1.807) is 0 Å². The molecule has 0 saturated carbocycles. The summed E-state index contributed by atoms with van der Waals surface area (Å²) in [4.78, 5) is 15.4. The summed E-state index contributed by atoms with van der Waals surface area (Å²) in [7, 11) is 0. The van der Waals surface area contributed by atoms with E-state index < -0.39 is 0 Å². The second-order valence-corrected chi connectivity index (χ2v) is 13.2. The summed E-state index contributed by atoms with van der Waals surface area (Å²) in [6.07, 6.45) is 0. The van der Waals surface area contributed by atoms with Gasteiger partial charge in [0.1, 0.15) is 0 Å². The minimum absolute atomic E-state index is 0.623. The van der Waals surface area contributed by atoms with E-state index in [0.717, 1.165) is 38.9 Å². The van der Waals surface area contributed by atoms with Gasteiger partial charge in [-0.25, -0.2) is 15.0 Å². The minimum Gasteiger partial charge on any atom is -0.208 e. The molecule has 0 aliphatic heterocycles. The fourth-order valence-corrected chi connectivity index (χ4v) is 7.01. The highest BCUT2D eigenvalue weighted by Crippen LogP contribution is 2.37. The molecule has 54 heavy (non-hydrogen) atoms. The van der Waals surface area contributed by atoms with Crippen LogP contribution in [0.25, 0.3) is 89.8 Å². The zero-order valence-corrected chi connectivity index (χ0v) is 29.5. The molecule has 0 atom stereocenters. The lowest BCUT2D eigenvalue weighted by molar-refractivity contribution is 1.07. The average Bonchev–Trinajstić information content (AvgIpc) is 3.27. The summed E-state index contributed by atoms with van der Waals surface area (Å²) < 4.78 is 0. The summed E-state index contributed by atoms with van der Waals surface area (Å²) in [5, 5.41) is 0. The first-order chi connectivity index (χ1) is 26.8. The Kier molecular flexibility index (Phi) is 8.94. The molecule has 3 nitrogen and oxygen atoms in total. The molecule has 254 valence electrons. The van der Waals surface area contributed by atoms with E-state index in [9.17, 15) is 0 Å². The third-order valence-corrected chi connectivity index (χ3v) is 9.80. The molecule has 0 bridgehead atoms. The predicted octanol–water partition coefficient (Wildman–Crippen LogP) is 13.2. The van der Waals surface area contributed by atoms with Crippen LogP contribution in [0.4, 0.5) is 0 Å². The van der Waals surface area contributed by atoms with Gasteiger partial charge in [-0.15, -0.1) is 0 Å². The van der Waals surface area contributed by atoms with E-state index >= 15 is 0 Å². The number of benzene rings is 8. The molecule has 1 heterocycles. The highest BCUT2D eigenvalue weighted by Gasteiger charge is 2.17. The molecule has 0 fully saturated rings. The number of hydrogen-bond donors (Lipinski definition) is 0. The molecule has 0 spiro atoms. The highest BCUT2D eigenvalue weighted by molar-refractivity contribution is 5.88. The fraction of sp³-hybridized carbons (Fsp3) is 0. The van der Waals surface area contributed by atoms with Gasteiger partial charge >= 0.3 is 0 Å². The number of hydrogen-bond acceptors (Lipinski definition) is 3. The van der Waals surface area contributed by atoms with E-state index in [1.165, 1.54) is 33.4 Å². The molecule has 9 aromatic rings. The molecule has 0 aliphatic rings. The lowest BCUT2D eigenvalue weighted by atomic mass is 9.91. The summed E-state index contributed by atoms with van der Waals surface area (Å²) >= 11 is 0. The molecule has 0 aliphatic carbocycles. The van der Waals surface area contributed by atoms with Gasteiger partial charge in [0.25, 0.3) is 0 Å². The smallest absolute Gasteiger partial charge is 0.164 e. The van der Waals surface area contributed by atoms with Crippen molar-refractivity contribution in [2.45, 2.75) is 0 Å². The zero-order chi connectivity index (χ0) is 36.1. The Labute approximate surface area is 316 Å². The summed E-state index contributed by atoms with van der Waals surface area (Å²) in [6, 6.07) is 74.1. The van der Waals surface area contributed by atoms with Crippen molar-refractivity contribution in [2.24, 2.45) is 0 Å². The van der Waals surface area contributed by atoms with Crippen LogP contribution < -0.4 is 0 Å². The Morgan fingerprint density at radius 2 is 0.500 bits per heavy atom. The van der Waals surface area contributed by atoms with Crippen LogP contribution >= 0.6 is 0 Å². The first kappa shape index (κ1) is 32.7. The maximum atomic E-state index is 5.15. The third-order valence-electron chi connectivity index (χ3n) is 9.80. The second-order valence-electron chi connectivity index (χ2n) is 13.2. The van der Waals surface area contributed by atoms with E-state index in [1.807, 2.05) is 18.2 Å². The van der Waals surface area contributed by atoms with E-state index in [0.29, 0.717) is 17.5 Å². The van der Waals surface area contributed by atoms with E-state index in [4.69, 9.17) is 15.0 Å². The normalized spacial score (nSPS) is 11.0. The quantitative estimate of drug-likeness (QED) is 0.159. The van der Waals surface area contributed by atoms with Crippen molar-refractivity contribution in [3.05, 3.63) is 212 Å². The maximum absolute atomic E-state index is 5.15. The maximum Gasteiger partial charge on any atom is 0.164 e. The molecular formula is C51H35N3. The van der Waals surface area contributed by atoms with Crippen LogP contribution in [0.2, 0.25) is 0 Å². The van der Waals surface area contributed by atoms with Gasteiger partial charge in [-0.05, 0) is 61.7 Å². The molecule has 8 aromatic carbocycles. The van der Waals surface area contributed by atoms with Crippen molar-refractivity contribution >= 4 is 0 Å². The zero-order valence-electron chi connectivity index (χ0n) is 29.5. The van der Waals surface area contributed by atoms with Gasteiger partial charge in [0.2, 0.25) is 0 Å². The standard InChI is InChI=1S/C51H35N3/c1-5-15-36(16-6-1)38-25-29-42(30-26-38)49-52-50(54-51(53-49)47-24-14-13-23-45(47)39-19-9-3-10-20-39)43-31-27-41(28-32-43)48-35-44(37-17-7-2-8-18-37)33-34-46(48)40-21-11-4-12-22-40/h1-35H. The Morgan fingerprint density at radius 3 is 1.02 bits per heavy atom. The first-order valence-corrected chi connectivity index (χ1v) is 18.2. The van der Waals surface area contributed by atoms with Gasteiger partial charge in [0.15, 0.2) is 17.5 Å². The largest absolute Gasteiger partial charge is 0.208 e. The van der Waals surface area contributed by atoms with Crippen molar-refractivity contribution in [2.75, 3.05) is 0 Å². The minimum atomic E-state index is 0.623. The fourth-order valence-electron chi connectivity index (χ4n) is 7.01. The number of aromatic nitrogens is 3. The van der Waals surface area contributed by atoms with Crippen molar-refractivity contribution < 1.29 is 0 Å². The number of nitrogens with zero attached hydrogens (tertiary/aromatic N) is 3. The molecule has 1 aromatic heterocycles. The van der Waals surface area contributed by atoms with Gasteiger partial charge in [-0.3, -0.25) is 0 Å². The third kappa shape index (κ3) is 6.74. The molecule has 3 heteroatoms. The van der Waals surface area contributed by atoms with E-state index in [2.05, 4.69) is 194 Å².